The van der Waals surface area contributed by atoms with Crippen molar-refractivity contribution in [3.63, 3.8) is 0 Å². The molecule has 3 nitrogen and oxygen atoms in total. The number of pyridine rings is 1. The first-order chi connectivity index (χ1) is 9.95. The molecule has 2 rings (SSSR count). The van der Waals surface area contributed by atoms with E-state index in [2.05, 4.69) is 24.1 Å². The van der Waals surface area contributed by atoms with Gasteiger partial charge in [0.2, 0.25) is 5.88 Å². The lowest BCUT2D eigenvalue weighted by molar-refractivity contribution is 0.451. The fraction of sp³-hybridized carbons (Fsp3) is 0.353. The molecule has 0 aliphatic carbocycles. The molecule has 0 atom stereocenters. The van der Waals surface area contributed by atoms with E-state index >= 15 is 0 Å². The molecule has 112 valence electrons. The van der Waals surface area contributed by atoms with E-state index in [9.17, 15) is 0 Å². The first kappa shape index (κ1) is 15.8. The molecule has 0 spiro atoms. The fourth-order valence-corrected chi connectivity index (χ4v) is 2.41. The van der Waals surface area contributed by atoms with Gasteiger partial charge in [0.1, 0.15) is 5.75 Å². The number of hydrogen-bond acceptors (Lipinski definition) is 3. The van der Waals surface area contributed by atoms with Crippen molar-refractivity contribution in [2.45, 2.75) is 40.3 Å². The first-order valence-corrected chi connectivity index (χ1v) is 7.47. The zero-order valence-corrected chi connectivity index (χ0v) is 13.7. The number of hydrogen-bond donors (Lipinski definition) is 1. The van der Waals surface area contributed by atoms with Crippen molar-refractivity contribution in [1.82, 2.24) is 10.3 Å². The molecule has 1 aromatic carbocycles. The minimum absolute atomic E-state index is 0.428. The van der Waals surface area contributed by atoms with Gasteiger partial charge in [-0.2, -0.15) is 0 Å². The molecule has 0 bridgehead atoms. The molecule has 4 heteroatoms. The van der Waals surface area contributed by atoms with Gasteiger partial charge >= 0.3 is 0 Å². The maximum absolute atomic E-state index is 6.04. The Bertz CT molecular complexity index is 603. The van der Waals surface area contributed by atoms with Crippen LogP contribution >= 0.6 is 11.6 Å². The van der Waals surface area contributed by atoms with Gasteiger partial charge in [-0.25, -0.2) is 4.98 Å². The number of aryl methyl sites for hydroxylation is 2. The van der Waals surface area contributed by atoms with E-state index in [-0.39, 0.29) is 0 Å². The summed E-state index contributed by atoms with van der Waals surface area (Å²) in [6, 6.07) is 10.0. The van der Waals surface area contributed by atoms with Crippen LogP contribution in [0.2, 0.25) is 5.02 Å². The number of benzene rings is 1. The number of nitrogens with one attached hydrogen (secondary N) is 1. The maximum atomic E-state index is 6.04. The van der Waals surface area contributed by atoms with E-state index in [1.807, 2.05) is 44.2 Å². The Kier molecular flexibility index (Phi) is 5.21. The fourth-order valence-electron chi connectivity index (χ4n) is 2.08. The van der Waals surface area contributed by atoms with E-state index in [0.29, 0.717) is 11.9 Å². The van der Waals surface area contributed by atoms with Crippen molar-refractivity contribution < 1.29 is 4.74 Å². The Morgan fingerprint density at radius 3 is 2.48 bits per heavy atom. The Morgan fingerprint density at radius 2 is 1.86 bits per heavy atom. The smallest absolute Gasteiger partial charge is 0.219 e. The predicted octanol–water partition coefficient (Wildman–Crippen LogP) is 4.64. The lowest BCUT2D eigenvalue weighted by Gasteiger charge is -2.13. The van der Waals surface area contributed by atoms with E-state index in [1.54, 1.807) is 0 Å². The van der Waals surface area contributed by atoms with Gasteiger partial charge in [-0.1, -0.05) is 31.5 Å². The third-order valence-electron chi connectivity index (χ3n) is 3.10. The van der Waals surface area contributed by atoms with Crippen molar-refractivity contribution in [1.29, 1.82) is 0 Å². The van der Waals surface area contributed by atoms with Crippen molar-refractivity contribution in [3.05, 3.63) is 52.2 Å². The van der Waals surface area contributed by atoms with Crippen LogP contribution in [0.1, 0.15) is 30.7 Å². The lowest BCUT2D eigenvalue weighted by atomic mass is 10.1. The molecule has 1 N–H and O–H groups in total. The molecule has 21 heavy (non-hydrogen) atoms. The van der Waals surface area contributed by atoms with Crippen LogP contribution in [0, 0.1) is 13.8 Å². The standard InChI is InChI=1S/C17H21ClN2O/c1-11(2)19-10-15-6-5-7-16(20-15)21-17-12(3)8-14(18)9-13(17)4/h5-9,11,19H,10H2,1-4H3. The van der Waals surface area contributed by atoms with Gasteiger partial charge in [-0.15, -0.1) is 0 Å². The Labute approximate surface area is 131 Å². The van der Waals surface area contributed by atoms with E-state index < -0.39 is 0 Å². The minimum Gasteiger partial charge on any atom is -0.438 e. The number of rotatable bonds is 5. The third kappa shape index (κ3) is 4.45. The van der Waals surface area contributed by atoms with Crippen LogP contribution in [-0.4, -0.2) is 11.0 Å². The lowest BCUT2D eigenvalue weighted by Crippen LogP contribution is -2.22. The summed E-state index contributed by atoms with van der Waals surface area (Å²) in [7, 11) is 0. The number of ether oxygens (including phenoxy) is 1. The van der Waals surface area contributed by atoms with Gasteiger partial charge in [0.05, 0.1) is 5.69 Å². The normalized spacial score (nSPS) is 11.0. The van der Waals surface area contributed by atoms with Crippen LogP contribution in [0.5, 0.6) is 11.6 Å². The van der Waals surface area contributed by atoms with Crippen LogP contribution < -0.4 is 10.1 Å². The van der Waals surface area contributed by atoms with Crippen LogP contribution in [0.15, 0.2) is 30.3 Å². The molecule has 0 aliphatic rings. The van der Waals surface area contributed by atoms with Crippen LogP contribution in [-0.2, 0) is 6.54 Å². The molecule has 1 heterocycles. The minimum atomic E-state index is 0.428. The van der Waals surface area contributed by atoms with E-state index in [1.165, 1.54) is 0 Å². The second kappa shape index (κ2) is 6.92. The molecular formula is C17H21ClN2O. The molecule has 0 saturated carbocycles. The maximum Gasteiger partial charge on any atom is 0.219 e. The van der Waals surface area contributed by atoms with Crippen LogP contribution in [0.25, 0.3) is 0 Å². The molecular weight excluding hydrogens is 284 g/mol. The van der Waals surface area contributed by atoms with Gasteiger partial charge in [0.25, 0.3) is 0 Å². The SMILES string of the molecule is Cc1cc(Cl)cc(C)c1Oc1cccc(CNC(C)C)n1. The van der Waals surface area contributed by atoms with Crippen molar-refractivity contribution in [2.75, 3.05) is 0 Å². The zero-order valence-electron chi connectivity index (χ0n) is 12.9. The summed E-state index contributed by atoms with van der Waals surface area (Å²) in [5.74, 6) is 1.42. The number of halogens is 1. The Hall–Kier alpha value is -1.58. The monoisotopic (exact) mass is 304 g/mol. The molecule has 2 aromatic rings. The summed E-state index contributed by atoms with van der Waals surface area (Å²) in [5, 5.41) is 4.07. The summed E-state index contributed by atoms with van der Waals surface area (Å²) < 4.78 is 5.94. The van der Waals surface area contributed by atoms with E-state index in [4.69, 9.17) is 16.3 Å². The second-order valence-electron chi connectivity index (χ2n) is 5.47. The Morgan fingerprint density at radius 1 is 1.19 bits per heavy atom. The molecule has 0 unspecified atom stereocenters. The molecule has 0 saturated heterocycles. The molecule has 0 radical (unpaired) electrons. The van der Waals surface area contributed by atoms with Gasteiger partial charge in [-0.05, 0) is 43.2 Å². The van der Waals surface area contributed by atoms with Gasteiger partial charge in [-0.3, -0.25) is 0 Å². The topological polar surface area (TPSA) is 34.1 Å². The number of nitrogens with zero attached hydrogens (tertiary/aromatic N) is 1. The largest absolute Gasteiger partial charge is 0.438 e. The van der Waals surface area contributed by atoms with Crippen LogP contribution in [0.4, 0.5) is 0 Å². The summed E-state index contributed by atoms with van der Waals surface area (Å²) >= 11 is 6.04. The second-order valence-corrected chi connectivity index (χ2v) is 5.91. The number of aromatic nitrogens is 1. The van der Waals surface area contributed by atoms with Gasteiger partial charge in [0, 0.05) is 23.7 Å². The van der Waals surface area contributed by atoms with Crippen molar-refractivity contribution in [3.8, 4) is 11.6 Å². The van der Waals surface area contributed by atoms with Gasteiger partial charge < -0.3 is 10.1 Å². The molecule has 1 aromatic heterocycles. The summed E-state index contributed by atoms with van der Waals surface area (Å²) in [6.07, 6.45) is 0. The summed E-state index contributed by atoms with van der Waals surface area (Å²) in [6.45, 7) is 8.92. The Balaban J connectivity index is 2.18. The average Bonchev–Trinajstić information content (AvgIpc) is 2.41. The predicted molar refractivity (Wildman–Crippen MR) is 87.2 cm³/mol. The third-order valence-corrected chi connectivity index (χ3v) is 3.32. The summed E-state index contributed by atoms with van der Waals surface area (Å²) in [4.78, 5) is 4.53. The van der Waals surface area contributed by atoms with Crippen molar-refractivity contribution in [2.24, 2.45) is 0 Å². The highest BCUT2D eigenvalue weighted by molar-refractivity contribution is 6.30. The summed E-state index contributed by atoms with van der Waals surface area (Å²) in [5.41, 5.74) is 2.98. The average molecular weight is 305 g/mol. The highest BCUT2D eigenvalue weighted by Gasteiger charge is 2.08. The highest BCUT2D eigenvalue weighted by atomic mass is 35.5. The zero-order chi connectivity index (χ0) is 15.4. The van der Waals surface area contributed by atoms with Gasteiger partial charge in [0.15, 0.2) is 0 Å². The first-order valence-electron chi connectivity index (χ1n) is 7.09. The molecule has 0 aliphatic heterocycles. The van der Waals surface area contributed by atoms with Crippen LogP contribution in [0.3, 0.4) is 0 Å². The molecule has 0 fully saturated rings. The highest BCUT2D eigenvalue weighted by Crippen LogP contribution is 2.30. The quantitative estimate of drug-likeness (QED) is 0.873. The van der Waals surface area contributed by atoms with E-state index in [0.717, 1.165) is 34.1 Å². The van der Waals surface area contributed by atoms with Crippen molar-refractivity contribution >= 4 is 11.6 Å². The molecule has 0 amide bonds.